The minimum Gasteiger partial charge on any atom is -0.492 e. The van der Waals surface area contributed by atoms with Crippen LogP contribution in [-0.4, -0.2) is 48.3 Å². The van der Waals surface area contributed by atoms with Crippen LogP contribution in [0.4, 0.5) is 5.69 Å². The molecule has 0 aliphatic rings. The second kappa shape index (κ2) is 6.90. The van der Waals surface area contributed by atoms with E-state index in [2.05, 4.69) is 15.5 Å². The zero-order chi connectivity index (χ0) is 15.2. The molecule has 0 saturated carbocycles. The number of hydrogen-bond acceptors (Lipinski definition) is 4. The summed E-state index contributed by atoms with van der Waals surface area (Å²) in [6.45, 7) is 3.25. The summed E-state index contributed by atoms with van der Waals surface area (Å²) in [7, 11) is 3.99. The molecule has 1 heterocycles. The van der Waals surface area contributed by atoms with Gasteiger partial charge in [-0.05, 0) is 33.2 Å². The summed E-state index contributed by atoms with van der Waals surface area (Å²) in [5, 5.41) is 9.42. The molecule has 2 rings (SSSR count). The van der Waals surface area contributed by atoms with E-state index in [1.54, 1.807) is 0 Å². The van der Waals surface area contributed by atoms with Crippen LogP contribution < -0.4 is 10.1 Å². The van der Waals surface area contributed by atoms with Crippen molar-refractivity contribution in [3.8, 4) is 5.75 Å². The van der Waals surface area contributed by atoms with Gasteiger partial charge in [0.15, 0.2) is 0 Å². The van der Waals surface area contributed by atoms with Gasteiger partial charge in [0.05, 0.1) is 11.8 Å². The smallest absolute Gasteiger partial charge is 0.259 e. The Kier molecular flexibility index (Phi) is 4.94. The first-order chi connectivity index (χ1) is 10.1. The average Bonchev–Trinajstić information content (AvgIpc) is 2.85. The minimum atomic E-state index is -0.188. The molecule has 0 bridgehead atoms. The lowest BCUT2D eigenvalue weighted by atomic mass is 10.2. The summed E-state index contributed by atoms with van der Waals surface area (Å²) < 4.78 is 5.64. The highest BCUT2D eigenvalue weighted by atomic mass is 16.5. The van der Waals surface area contributed by atoms with Gasteiger partial charge in [0.2, 0.25) is 0 Å². The molecule has 0 fully saturated rings. The number of aryl methyl sites for hydroxylation is 1. The molecule has 1 aromatic heterocycles. The van der Waals surface area contributed by atoms with Crippen molar-refractivity contribution in [2.45, 2.75) is 6.92 Å². The SMILES string of the molecule is Cc1[nH]ncc1C(=O)Nc1cccc(OCCN(C)C)c1. The number of likely N-dealkylation sites (N-methyl/N-ethyl adjacent to an activating group) is 1. The van der Waals surface area contributed by atoms with Crippen molar-refractivity contribution in [2.75, 3.05) is 32.6 Å². The number of anilines is 1. The molecule has 1 amide bonds. The first-order valence-corrected chi connectivity index (χ1v) is 6.75. The van der Waals surface area contributed by atoms with Crippen LogP contribution in [0.5, 0.6) is 5.75 Å². The standard InChI is InChI=1S/C15H20N4O2/c1-11-14(10-16-18-11)15(20)17-12-5-4-6-13(9-12)21-8-7-19(2)3/h4-6,9-10H,7-8H2,1-3H3,(H,16,18)(H,17,20). The van der Waals surface area contributed by atoms with Crippen molar-refractivity contribution in [1.82, 2.24) is 15.1 Å². The fourth-order valence-electron chi connectivity index (χ4n) is 1.79. The van der Waals surface area contributed by atoms with Crippen molar-refractivity contribution in [1.29, 1.82) is 0 Å². The summed E-state index contributed by atoms with van der Waals surface area (Å²) >= 11 is 0. The number of rotatable bonds is 6. The van der Waals surface area contributed by atoms with Gasteiger partial charge in [-0.1, -0.05) is 6.07 Å². The molecule has 6 heteroatoms. The van der Waals surface area contributed by atoms with Gasteiger partial charge in [-0.15, -0.1) is 0 Å². The predicted molar refractivity (Wildman–Crippen MR) is 81.8 cm³/mol. The van der Waals surface area contributed by atoms with E-state index >= 15 is 0 Å². The number of amides is 1. The van der Waals surface area contributed by atoms with Crippen molar-refractivity contribution >= 4 is 11.6 Å². The van der Waals surface area contributed by atoms with Crippen LogP contribution in [0, 0.1) is 6.92 Å². The molecular formula is C15H20N4O2. The zero-order valence-electron chi connectivity index (χ0n) is 12.5. The van der Waals surface area contributed by atoms with Crippen molar-refractivity contribution in [3.63, 3.8) is 0 Å². The number of aromatic nitrogens is 2. The quantitative estimate of drug-likeness (QED) is 0.852. The molecule has 2 aromatic rings. The van der Waals surface area contributed by atoms with Crippen LogP contribution in [0.1, 0.15) is 16.1 Å². The van der Waals surface area contributed by atoms with Crippen LogP contribution in [0.15, 0.2) is 30.5 Å². The number of nitrogens with one attached hydrogen (secondary N) is 2. The Morgan fingerprint density at radius 2 is 2.24 bits per heavy atom. The van der Waals surface area contributed by atoms with E-state index in [1.165, 1.54) is 6.20 Å². The molecule has 21 heavy (non-hydrogen) atoms. The van der Waals surface area contributed by atoms with Crippen LogP contribution in [-0.2, 0) is 0 Å². The highest BCUT2D eigenvalue weighted by Gasteiger charge is 2.11. The third-order valence-corrected chi connectivity index (χ3v) is 2.97. The van der Waals surface area contributed by atoms with E-state index in [1.807, 2.05) is 50.2 Å². The van der Waals surface area contributed by atoms with E-state index in [9.17, 15) is 4.79 Å². The van der Waals surface area contributed by atoms with Gasteiger partial charge in [-0.2, -0.15) is 5.10 Å². The summed E-state index contributed by atoms with van der Waals surface area (Å²) in [4.78, 5) is 14.1. The zero-order valence-corrected chi connectivity index (χ0v) is 12.5. The summed E-state index contributed by atoms with van der Waals surface area (Å²) in [5.41, 5.74) is 1.97. The number of hydrogen-bond donors (Lipinski definition) is 2. The number of aromatic amines is 1. The van der Waals surface area contributed by atoms with E-state index in [-0.39, 0.29) is 5.91 Å². The minimum absolute atomic E-state index is 0.188. The van der Waals surface area contributed by atoms with Crippen LogP contribution in [0.25, 0.3) is 0 Å². The van der Waals surface area contributed by atoms with Crippen LogP contribution >= 0.6 is 0 Å². The number of benzene rings is 1. The fourth-order valence-corrected chi connectivity index (χ4v) is 1.79. The Morgan fingerprint density at radius 3 is 2.90 bits per heavy atom. The van der Waals surface area contributed by atoms with Crippen molar-refractivity contribution in [3.05, 3.63) is 41.7 Å². The van der Waals surface area contributed by atoms with Crippen molar-refractivity contribution in [2.24, 2.45) is 0 Å². The lowest BCUT2D eigenvalue weighted by Gasteiger charge is -2.12. The molecule has 0 saturated heterocycles. The van der Waals surface area contributed by atoms with E-state index in [0.717, 1.165) is 18.0 Å². The molecule has 0 radical (unpaired) electrons. The number of carbonyl (C=O) groups is 1. The highest BCUT2D eigenvalue weighted by Crippen LogP contribution is 2.18. The van der Waals surface area contributed by atoms with Crippen molar-refractivity contribution < 1.29 is 9.53 Å². The normalized spacial score (nSPS) is 10.7. The van der Waals surface area contributed by atoms with Crippen LogP contribution in [0.3, 0.4) is 0 Å². The molecule has 0 spiro atoms. The van der Waals surface area contributed by atoms with E-state index in [0.29, 0.717) is 17.9 Å². The first kappa shape index (κ1) is 15.1. The molecule has 1 aromatic carbocycles. The van der Waals surface area contributed by atoms with Gasteiger partial charge in [-0.3, -0.25) is 9.89 Å². The second-order valence-corrected chi connectivity index (χ2v) is 5.04. The summed E-state index contributed by atoms with van der Waals surface area (Å²) in [5.74, 6) is 0.547. The Labute approximate surface area is 124 Å². The maximum atomic E-state index is 12.1. The Bertz CT molecular complexity index is 607. The molecule has 0 unspecified atom stereocenters. The topological polar surface area (TPSA) is 70.2 Å². The van der Waals surface area contributed by atoms with Gasteiger partial charge < -0.3 is 15.0 Å². The second-order valence-electron chi connectivity index (χ2n) is 5.04. The van der Waals surface area contributed by atoms with Gasteiger partial charge >= 0.3 is 0 Å². The molecule has 0 atom stereocenters. The molecule has 6 nitrogen and oxygen atoms in total. The van der Waals surface area contributed by atoms with Gasteiger partial charge in [0, 0.05) is 24.0 Å². The summed E-state index contributed by atoms with van der Waals surface area (Å²) in [6.07, 6.45) is 1.52. The van der Waals surface area contributed by atoms with Gasteiger partial charge in [0.25, 0.3) is 5.91 Å². The lowest BCUT2D eigenvalue weighted by molar-refractivity contribution is 0.102. The molecule has 2 N–H and O–H groups in total. The van der Waals surface area contributed by atoms with E-state index < -0.39 is 0 Å². The Hall–Kier alpha value is -2.34. The monoisotopic (exact) mass is 288 g/mol. The fraction of sp³-hybridized carbons (Fsp3) is 0.333. The number of ether oxygens (including phenoxy) is 1. The Morgan fingerprint density at radius 1 is 1.43 bits per heavy atom. The molecule has 0 aliphatic carbocycles. The third-order valence-electron chi connectivity index (χ3n) is 2.97. The predicted octanol–water partition coefficient (Wildman–Crippen LogP) is 1.91. The third kappa shape index (κ3) is 4.32. The maximum absolute atomic E-state index is 12.1. The van der Waals surface area contributed by atoms with Gasteiger partial charge in [-0.25, -0.2) is 0 Å². The molecule has 0 aliphatic heterocycles. The molecule has 112 valence electrons. The summed E-state index contributed by atoms with van der Waals surface area (Å²) in [6, 6.07) is 7.35. The first-order valence-electron chi connectivity index (χ1n) is 6.75. The number of H-pyrrole nitrogens is 1. The lowest BCUT2D eigenvalue weighted by Crippen LogP contribution is -2.19. The van der Waals surface area contributed by atoms with Gasteiger partial charge in [0.1, 0.15) is 12.4 Å². The van der Waals surface area contributed by atoms with Crippen LogP contribution in [0.2, 0.25) is 0 Å². The largest absolute Gasteiger partial charge is 0.492 e. The molecular weight excluding hydrogens is 268 g/mol. The average molecular weight is 288 g/mol. The Balaban J connectivity index is 1.98. The number of carbonyl (C=O) groups excluding carboxylic acids is 1. The van der Waals surface area contributed by atoms with E-state index in [4.69, 9.17) is 4.74 Å². The maximum Gasteiger partial charge on any atom is 0.259 e. The highest BCUT2D eigenvalue weighted by molar-refractivity contribution is 6.04. The number of nitrogens with zero attached hydrogens (tertiary/aromatic N) is 2.